The van der Waals surface area contributed by atoms with Gasteiger partial charge in [0.15, 0.2) is 0 Å². The van der Waals surface area contributed by atoms with Crippen LogP contribution in [0.4, 0.5) is 0 Å². The lowest BCUT2D eigenvalue weighted by Gasteiger charge is -2.32. The fourth-order valence-corrected chi connectivity index (χ4v) is 2.98. The number of amides is 1. The predicted octanol–water partition coefficient (Wildman–Crippen LogP) is 2.00. The van der Waals surface area contributed by atoms with Gasteiger partial charge in [0.05, 0.1) is 25.5 Å². The van der Waals surface area contributed by atoms with Gasteiger partial charge in [0, 0.05) is 24.5 Å². The lowest BCUT2D eigenvalue weighted by molar-refractivity contribution is -0.00306. The molecule has 3 aromatic heterocycles. The Balaban J connectivity index is 1.47. The van der Waals surface area contributed by atoms with Crippen molar-refractivity contribution in [1.29, 1.82) is 0 Å². The smallest absolute Gasteiger partial charge is 0.271 e. The van der Waals surface area contributed by atoms with Crippen molar-refractivity contribution in [1.82, 2.24) is 19.7 Å². The maximum absolute atomic E-state index is 12.6. The Kier molecular flexibility index (Phi) is 4.53. The second-order valence-corrected chi connectivity index (χ2v) is 6.33. The summed E-state index contributed by atoms with van der Waals surface area (Å²) in [5, 5.41) is 2.99. The van der Waals surface area contributed by atoms with Gasteiger partial charge in [-0.1, -0.05) is 6.07 Å². The fourth-order valence-electron chi connectivity index (χ4n) is 2.98. The van der Waals surface area contributed by atoms with Crippen molar-refractivity contribution in [2.75, 3.05) is 13.2 Å². The molecule has 134 valence electrons. The summed E-state index contributed by atoms with van der Waals surface area (Å²) in [5.41, 5.74) is 2.04. The molecule has 3 aromatic rings. The third kappa shape index (κ3) is 3.52. The summed E-state index contributed by atoms with van der Waals surface area (Å²) in [7, 11) is 0. The highest BCUT2D eigenvalue weighted by Crippen LogP contribution is 2.18. The maximum atomic E-state index is 12.6. The number of fused-ring (bicyclic) bond motifs is 1. The Morgan fingerprint density at radius 2 is 2.27 bits per heavy atom. The molecule has 1 aliphatic heterocycles. The van der Waals surface area contributed by atoms with Crippen LogP contribution in [-0.4, -0.2) is 45.6 Å². The van der Waals surface area contributed by atoms with Crippen LogP contribution in [0.3, 0.4) is 0 Å². The zero-order valence-electron chi connectivity index (χ0n) is 14.5. The van der Waals surface area contributed by atoms with Gasteiger partial charge in [-0.2, -0.15) is 0 Å². The number of nitrogens with zero attached hydrogens (tertiary/aromatic N) is 3. The molecule has 0 radical (unpaired) electrons. The van der Waals surface area contributed by atoms with Crippen LogP contribution in [0.2, 0.25) is 0 Å². The van der Waals surface area contributed by atoms with Crippen molar-refractivity contribution in [2.45, 2.75) is 25.5 Å². The first-order valence-electron chi connectivity index (χ1n) is 8.61. The highest BCUT2D eigenvalue weighted by molar-refractivity contribution is 5.93. The first kappa shape index (κ1) is 16.5. The molecule has 26 heavy (non-hydrogen) atoms. The summed E-state index contributed by atoms with van der Waals surface area (Å²) in [5.74, 6) is 0.453. The van der Waals surface area contributed by atoms with Crippen LogP contribution in [-0.2, 0) is 4.74 Å². The van der Waals surface area contributed by atoms with Gasteiger partial charge in [0.2, 0.25) is 0 Å². The molecule has 1 fully saturated rings. The average Bonchev–Trinajstić information content (AvgIpc) is 3.09. The number of hydrogen-bond donors (Lipinski definition) is 1. The number of carbonyl (C=O) groups is 1. The third-order valence-electron chi connectivity index (χ3n) is 4.38. The lowest BCUT2D eigenvalue weighted by Crippen LogP contribution is -2.51. The van der Waals surface area contributed by atoms with Crippen molar-refractivity contribution in [2.24, 2.45) is 0 Å². The van der Waals surface area contributed by atoms with Crippen molar-refractivity contribution < 1.29 is 14.3 Å². The Bertz CT molecular complexity index is 874. The lowest BCUT2D eigenvalue weighted by atomic mass is 10.1. The number of aryl methyl sites for hydroxylation is 1. The van der Waals surface area contributed by atoms with Crippen LogP contribution in [0.25, 0.3) is 5.65 Å². The topological polar surface area (TPSA) is 77.8 Å². The molecule has 0 unspecified atom stereocenters. The highest BCUT2D eigenvalue weighted by atomic mass is 16.5. The monoisotopic (exact) mass is 352 g/mol. The second-order valence-electron chi connectivity index (χ2n) is 6.33. The Labute approximate surface area is 151 Å². The molecule has 0 saturated carbocycles. The molecule has 0 bridgehead atoms. The Morgan fingerprint density at radius 1 is 1.35 bits per heavy atom. The molecule has 2 atom stereocenters. The molecule has 4 heterocycles. The predicted molar refractivity (Wildman–Crippen MR) is 95.3 cm³/mol. The first-order valence-corrected chi connectivity index (χ1v) is 8.61. The molecule has 7 nitrogen and oxygen atoms in total. The van der Waals surface area contributed by atoms with Gasteiger partial charge in [-0.25, -0.2) is 4.98 Å². The van der Waals surface area contributed by atoms with E-state index in [0.717, 1.165) is 11.3 Å². The van der Waals surface area contributed by atoms with E-state index >= 15 is 0 Å². The van der Waals surface area contributed by atoms with Gasteiger partial charge in [-0.05, 0) is 31.2 Å². The van der Waals surface area contributed by atoms with Gasteiger partial charge in [0.25, 0.3) is 5.91 Å². The standard InChI is InChI=1S/C19H20N4O3/c1-13-5-6-14(10-20-13)26-17-7-9-25-12-16(17)22-19(24)15-11-23-8-3-2-4-18(23)21-15/h2-6,8,10-11,16-17H,7,9,12H2,1H3,(H,22,24)/t16-,17+/m0/s1. The number of rotatable bonds is 4. The quantitative estimate of drug-likeness (QED) is 0.777. The highest BCUT2D eigenvalue weighted by Gasteiger charge is 2.30. The molecule has 0 aliphatic carbocycles. The number of ether oxygens (including phenoxy) is 2. The van der Waals surface area contributed by atoms with Crippen LogP contribution >= 0.6 is 0 Å². The summed E-state index contributed by atoms with van der Waals surface area (Å²) in [6.45, 7) is 2.93. The SMILES string of the molecule is Cc1ccc(O[C@@H]2CCOC[C@@H]2NC(=O)c2cn3ccccc3n2)cn1. The largest absolute Gasteiger partial charge is 0.486 e. The molecule has 1 amide bonds. The van der Waals surface area contributed by atoms with E-state index in [1.165, 1.54) is 0 Å². The number of aromatic nitrogens is 3. The number of nitrogens with one attached hydrogen (secondary N) is 1. The number of carbonyl (C=O) groups excluding carboxylic acids is 1. The van der Waals surface area contributed by atoms with Crippen molar-refractivity contribution in [3.8, 4) is 5.75 Å². The van der Waals surface area contributed by atoms with Gasteiger partial charge in [-0.15, -0.1) is 0 Å². The number of hydrogen-bond acceptors (Lipinski definition) is 5. The minimum atomic E-state index is -0.248. The van der Waals surface area contributed by atoms with Crippen LogP contribution in [0.15, 0.2) is 48.9 Å². The van der Waals surface area contributed by atoms with Crippen LogP contribution < -0.4 is 10.1 Å². The van der Waals surface area contributed by atoms with Gasteiger partial charge < -0.3 is 19.2 Å². The molecule has 4 rings (SSSR count). The minimum Gasteiger partial charge on any atom is -0.486 e. The van der Waals surface area contributed by atoms with Gasteiger partial charge >= 0.3 is 0 Å². The van der Waals surface area contributed by atoms with E-state index in [4.69, 9.17) is 9.47 Å². The molecular formula is C19H20N4O3. The average molecular weight is 352 g/mol. The third-order valence-corrected chi connectivity index (χ3v) is 4.38. The molecule has 7 heteroatoms. The van der Waals surface area contributed by atoms with E-state index in [0.29, 0.717) is 31.1 Å². The van der Waals surface area contributed by atoms with Gasteiger partial charge in [0.1, 0.15) is 23.2 Å². The minimum absolute atomic E-state index is 0.172. The summed E-state index contributed by atoms with van der Waals surface area (Å²) >= 11 is 0. The molecule has 1 saturated heterocycles. The summed E-state index contributed by atoms with van der Waals surface area (Å²) in [4.78, 5) is 21.2. The summed E-state index contributed by atoms with van der Waals surface area (Å²) in [6.07, 6.45) is 5.80. The van der Waals surface area contributed by atoms with Crippen LogP contribution in [0.1, 0.15) is 22.6 Å². The summed E-state index contributed by atoms with van der Waals surface area (Å²) in [6, 6.07) is 9.18. The van der Waals surface area contributed by atoms with E-state index in [1.807, 2.05) is 47.9 Å². The van der Waals surface area contributed by atoms with Crippen LogP contribution in [0.5, 0.6) is 5.75 Å². The molecule has 0 aromatic carbocycles. The van der Waals surface area contributed by atoms with Crippen molar-refractivity contribution in [3.63, 3.8) is 0 Å². The molecular weight excluding hydrogens is 332 g/mol. The van der Waals surface area contributed by atoms with E-state index in [-0.39, 0.29) is 18.1 Å². The number of pyridine rings is 2. The van der Waals surface area contributed by atoms with E-state index in [2.05, 4.69) is 15.3 Å². The zero-order valence-corrected chi connectivity index (χ0v) is 14.5. The molecule has 0 spiro atoms. The Hall–Kier alpha value is -2.93. The normalized spacial score (nSPS) is 20.0. The van der Waals surface area contributed by atoms with E-state index < -0.39 is 0 Å². The van der Waals surface area contributed by atoms with Crippen molar-refractivity contribution in [3.05, 3.63) is 60.3 Å². The Morgan fingerprint density at radius 3 is 3.08 bits per heavy atom. The molecule has 1 aliphatic rings. The second kappa shape index (κ2) is 7.13. The van der Waals surface area contributed by atoms with Gasteiger partial charge in [-0.3, -0.25) is 9.78 Å². The first-order chi connectivity index (χ1) is 12.7. The van der Waals surface area contributed by atoms with Crippen LogP contribution in [0, 0.1) is 6.92 Å². The van der Waals surface area contributed by atoms with E-state index in [1.54, 1.807) is 12.4 Å². The maximum Gasteiger partial charge on any atom is 0.271 e. The molecule has 1 N–H and O–H groups in total. The van der Waals surface area contributed by atoms with E-state index in [9.17, 15) is 4.79 Å². The fraction of sp³-hybridized carbons (Fsp3) is 0.316. The summed E-state index contributed by atoms with van der Waals surface area (Å²) < 4.78 is 13.4. The number of imidazole rings is 1. The van der Waals surface area contributed by atoms with Crippen molar-refractivity contribution >= 4 is 11.6 Å². The zero-order chi connectivity index (χ0) is 17.9.